The summed E-state index contributed by atoms with van der Waals surface area (Å²) in [5, 5.41) is 1.64. The largest absolute Gasteiger partial charge is 0.329 e. The van der Waals surface area contributed by atoms with Crippen molar-refractivity contribution in [1.82, 2.24) is 4.98 Å². The van der Waals surface area contributed by atoms with E-state index in [2.05, 4.69) is 17.6 Å². The molecule has 0 aliphatic heterocycles. The van der Waals surface area contributed by atoms with Gasteiger partial charge in [-0.25, -0.2) is 0 Å². The molecule has 1 aromatic rings. The number of nitrogens with one attached hydrogen (secondary N) is 1. The summed E-state index contributed by atoms with van der Waals surface area (Å²) < 4.78 is 0. The van der Waals surface area contributed by atoms with E-state index in [1.54, 1.807) is 11.6 Å². The van der Waals surface area contributed by atoms with E-state index in [9.17, 15) is 4.79 Å². The number of thiol groups is 1. The Morgan fingerprint density at radius 1 is 1.67 bits per heavy atom. The quantitative estimate of drug-likeness (QED) is 0.638. The van der Waals surface area contributed by atoms with Crippen molar-refractivity contribution >= 4 is 18.2 Å². The third kappa shape index (κ3) is 1.61. The monoisotopic (exact) mass is 181 g/mol. The molecule has 0 radical (unpaired) electrons. The van der Waals surface area contributed by atoms with Crippen molar-refractivity contribution in [2.45, 2.75) is 13.8 Å². The van der Waals surface area contributed by atoms with Gasteiger partial charge in [0.15, 0.2) is 0 Å². The first kappa shape index (κ1) is 9.13. The highest BCUT2D eigenvalue weighted by Gasteiger charge is 2.03. The summed E-state index contributed by atoms with van der Waals surface area (Å²) in [6.45, 7) is 3.77. The van der Waals surface area contributed by atoms with Crippen LogP contribution < -0.4 is 5.56 Å². The third-order valence-electron chi connectivity index (χ3n) is 1.76. The van der Waals surface area contributed by atoms with Crippen molar-refractivity contribution in [1.29, 1.82) is 0 Å². The molecule has 12 heavy (non-hydrogen) atoms. The van der Waals surface area contributed by atoms with E-state index in [4.69, 9.17) is 0 Å². The lowest BCUT2D eigenvalue weighted by molar-refractivity contribution is 1.18. The van der Waals surface area contributed by atoms with Gasteiger partial charge in [0.2, 0.25) is 0 Å². The lowest BCUT2D eigenvalue weighted by atomic mass is 10.1. The smallest absolute Gasteiger partial charge is 0.255 e. The summed E-state index contributed by atoms with van der Waals surface area (Å²) in [5.41, 5.74) is 2.52. The predicted molar refractivity (Wildman–Crippen MR) is 54.4 cm³/mol. The van der Waals surface area contributed by atoms with Crippen LogP contribution in [-0.2, 0) is 0 Å². The van der Waals surface area contributed by atoms with Crippen LogP contribution in [0.5, 0.6) is 0 Å². The number of hydrogen-bond donors (Lipinski definition) is 2. The second-order valence-electron chi connectivity index (χ2n) is 2.68. The summed E-state index contributed by atoms with van der Waals surface area (Å²) in [7, 11) is 0. The zero-order valence-corrected chi connectivity index (χ0v) is 7.98. The lowest BCUT2D eigenvalue weighted by Gasteiger charge is -2.02. The highest BCUT2D eigenvalue weighted by atomic mass is 32.1. The molecule has 1 aromatic heterocycles. The Kier molecular flexibility index (Phi) is 2.76. The van der Waals surface area contributed by atoms with E-state index in [0.717, 1.165) is 11.1 Å². The van der Waals surface area contributed by atoms with Crippen LogP contribution in [0.4, 0.5) is 0 Å². The van der Waals surface area contributed by atoms with Crippen molar-refractivity contribution in [3.63, 3.8) is 0 Å². The minimum Gasteiger partial charge on any atom is -0.329 e. The molecule has 0 amide bonds. The molecule has 0 atom stereocenters. The number of allylic oxidation sites excluding steroid dienone is 1. The molecule has 0 aliphatic rings. The third-order valence-corrected chi connectivity index (χ3v) is 2.14. The molecule has 0 saturated carbocycles. The van der Waals surface area contributed by atoms with Gasteiger partial charge in [-0.1, -0.05) is 0 Å². The van der Waals surface area contributed by atoms with Crippen molar-refractivity contribution in [3.8, 4) is 0 Å². The Morgan fingerprint density at radius 2 is 2.33 bits per heavy atom. The number of rotatable bonds is 1. The van der Waals surface area contributed by atoms with Crippen molar-refractivity contribution in [2.24, 2.45) is 0 Å². The van der Waals surface area contributed by atoms with Gasteiger partial charge in [-0.2, -0.15) is 12.6 Å². The van der Waals surface area contributed by atoms with E-state index < -0.39 is 0 Å². The van der Waals surface area contributed by atoms with Gasteiger partial charge in [0.1, 0.15) is 0 Å². The Bertz CT molecular complexity index is 365. The number of aryl methyl sites for hydroxylation is 1. The zero-order chi connectivity index (χ0) is 9.14. The summed E-state index contributed by atoms with van der Waals surface area (Å²) >= 11 is 4.01. The molecule has 3 heteroatoms. The van der Waals surface area contributed by atoms with Gasteiger partial charge in [0, 0.05) is 11.8 Å². The average Bonchev–Trinajstić information content (AvgIpc) is 2.03. The van der Waals surface area contributed by atoms with Crippen LogP contribution in [0.15, 0.2) is 22.5 Å². The van der Waals surface area contributed by atoms with Crippen LogP contribution in [-0.4, -0.2) is 4.98 Å². The van der Waals surface area contributed by atoms with E-state index in [1.165, 1.54) is 0 Å². The number of aromatic amines is 1. The lowest BCUT2D eigenvalue weighted by Crippen LogP contribution is -2.11. The molecular weight excluding hydrogens is 170 g/mol. The molecule has 0 aliphatic carbocycles. The Hall–Kier alpha value is -0.960. The van der Waals surface area contributed by atoms with Crippen LogP contribution in [0, 0.1) is 6.92 Å². The molecule has 0 saturated heterocycles. The van der Waals surface area contributed by atoms with Crippen molar-refractivity contribution in [2.75, 3.05) is 0 Å². The van der Waals surface area contributed by atoms with Gasteiger partial charge in [-0.3, -0.25) is 4.79 Å². The highest BCUT2D eigenvalue weighted by molar-refractivity contribution is 7.83. The number of pyridine rings is 1. The van der Waals surface area contributed by atoms with Crippen LogP contribution in [0.3, 0.4) is 0 Å². The Labute approximate surface area is 76.7 Å². The fourth-order valence-corrected chi connectivity index (χ4v) is 1.26. The fourth-order valence-electron chi connectivity index (χ4n) is 1.13. The summed E-state index contributed by atoms with van der Waals surface area (Å²) in [6.07, 6.45) is 1.65. The maximum absolute atomic E-state index is 11.3. The summed E-state index contributed by atoms with van der Waals surface area (Å²) in [4.78, 5) is 13.9. The molecule has 64 valence electrons. The topological polar surface area (TPSA) is 32.9 Å². The Morgan fingerprint density at radius 3 is 2.83 bits per heavy atom. The zero-order valence-electron chi connectivity index (χ0n) is 7.09. The maximum atomic E-state index is 11.3. The minimum atomic E-state index is -0.0576. The second kappa shape index (κ2) is 3.63. The molecule has 0 bridgehead atoms. The average molecular weight is 181 g/mol. The maximum Gasteiger partial charge on any atom is 0.255 e. The first-order valence-corrected chi connectivity index (χ1v) is 4.18. The number of hydrogen-bond acceptors (Lipinski definition) is 2. The number of aromatic nitrogens is 1. The molecule has 1 N–H and O–H groups in total. The van der Waals surface area contributed by atoms with Crippen molar-refractivity contribution in [3.05, 3.63) is 39.2 Å². The molecule has 2 nitrogen and oxygen atoms in total. The highest BCUT2D eigenvalue weighted by Crippen LogP contribution is 2.13. The molecular formula is C9H11NOS. The van der Waals surface area contributed by atoms with Crippen LogP contribution in [0.2, 0.25) is 0 Å². The fraction of sp³-hybridized carbons (Fsp3) is 0.222. The number of H-pyrrole nitrogens is 1. The van der Waals surface area contributed by atoms with Crippen LogP contribution in [0.1, 0.15) is 18.1 Å². The summed E-state index contributed by atoms with van der Waals surface area (Å²) in [5.74, 6) is 0. The van der Waals surface area contributed by atoms with Gasteiger partial charge < -0.3 is 4.98 Å². The normalized spacial score (nSPS) is 11.8. The van der Waals surface area contributed by atoms with E-state index >= 15 is 0 Å². The second-order valence-corrected chi connectivity index (χ2v) is 2.94. The van der Waals surface area contributed by atoms with Crippen molar-refractivity contribution < 1.29 is 0 Å². The van der Waals surface area contributed by atoms with Gasteiger partial charge in [-0.05, 0) is 36.5 Å². The molecule has 0 unspecified atom stereocenters. The van der Waals surface area contributed by atoms with E-state index in [-0.39, 0.29) is 5.56 Å². The molecule has 0 spiro atoms. The van der Waals surface area contributed by atoms with Crippen LogP contribution in [0.25, 0.3) is 5.57 Å². The first-order valence-electron chi connectivity index (χ1n) is 3.66. The summed E-state index contributed by atoms with van der Waals surface area (Å²) in [6, 6.07) is 1.87. The molecule has 1 heterocycles. The molecule has 1 rings (SSSR count). The minimum absolute atomic E-state index is 0.0576. The van der Waals surface area contributed by atoms with Gasteiger partial charge in [0.05, 0.1) is 0 Å². The van der Waals surface area contributed by atoms with Gasteiger partial charge >= 0.3 is 0 Å². The molecule has 0 aromatic carbocycles. The Balaban J connectivity index is 3.42. The SMILES string of the molecule is C/C(=C/S)c1c(C)cc[nH]c1=O. The van der Waals surface area contributed by atoms with E-state index in [1.807, 2.05) is 19.9 Å². The molecule has 0 fully saturated rings. The van der Waals surface area contributed by atoms with Crippen LogP contribution >= 0.6 is 12.6 Å². The standard InChI is InChI=1S/C9H11NOS/c1-6-3-4-10-9(11)8(6)7(2)5-12/h3-5,12H,1-2H3,(H,10,11)/b7-5-. The van der Waals surface area contributed by atoms with E-state index in [0.29, 0.717) is 5.56 Å². The predicted octanol–water partition coefficient (Wildman–Crippen LogP) is 1.97. The first-order chi connectivity index (χ1) is 5.66. The van der Waals surface area contributed by atoms with Gasteiger partial charge in [0.25, 0.3) is 5.56 Å². The van der Waals surface area contributed by atoms with Gasteiger partial charge in [-0.15, -0.1) is 0 Å².